The minimum absolute atomic E-state index is 0.171. The van der Waals surface area contributed by atoms with Crippen LogP contribution in [-0.4, -0.2) is 72.0 Å². The molecule has 3 atom stereocenters. The molecule has 0 aliphatic carbocycles. The topological polar surface area (TPSA) is 137 Å². The molecular weight excluding hydrogens is 384 g/mol. The number of hydrogen-bond donors (Lipinski definition) is 5. The van der Waals surface area contributed by atoms with Gasteiger partial charge in [-0.15, -0.1) is 0 Å². The largest absolute Gasteiger partial charge is 0.480 e. The maximum atomic E-state index is 12.5. The van der Waals surface area contributed by atoms with E-state index >= 15 is 0 Å². The van der Waals surface area contributed by atoms with E-state index in [4.69, 9.17) is 5.11 Å². The Morgan fingerprint density at radius 2 is 1.89 bits per heavy atom. The van der Waals surface area contributed by atoms with E-state index in [1.165, 1.54) is 11.8 Å². The summed E-state index contributed by atoms with van der Waals surface area (Å²) in [7, 11) is 0. The fourth-order valence-electron chi connectivity index (χ4n) is 2.91. The third kappa shape index (κ3) is 8.92. The molecule has 1 fully saturated rings. The molecule has 0 aromatic rings. The summed E-state index contributed by atoms with van der Waals surface area (Å²) >= 11 is 1.49. The SMILES string of the molecule is CSCCC(NC(=O)CNC(=O)C(CC(C)C)NC(=O)C1CCCN1)C(=O)O. The highest BCUT2D eigenvalue weighted by molar-refractivity contribution is 7.98. The van der Waals surface area contributed by atoms with Crippen LogP contribution in [0.4, 0.5) is 0 Å². The molecule has 1 rings (SSSR count). The molecule has 0 radical (unpaired) electrons. The Morgan fingerprint density at radius 1 is 1.18 bits per heavy atom. The fraction of sp³-hybridized carbons (Fsp3) is 0.778. The third-order valence-electron chi connectivity index (χ3n) is 4.38. The number of thioether (sulfide) groups is 1. The first kappa shape index (κ1) is 24.2. The van der Waals surface area contributed by atoms with Gasteiger partial charge in [-0.25, -0.2) is 4.79 Å². The van der Waals surface area contributed by atoms with Crippen LogP contribution in [0.2, 0.25) is 0 Å². The highest BCUT2D eigenvalue weighted by atomic mass is 32.2. The molecule has 1 aliphatic heterocycles. The molecule has 3 amide bonds. The molecule has 0 aromatic heterocycles. The third-order valence-corrected chi connectivity index (χ3v) is 5.03. The Morgan fingerprint density at radius 3 is 2.43 bits per heavy atom. The molecule has 0 spiro atoms. The van der Waals surface area contributed by atoms with Gasteiger partial charge < -0.3 is 26.4 Å². The summed E-state index contributed by atoms with van der Waals surface area (Å²) in [4.78, 5) is 48.0. The van der Waals surface area contributed by atoms with E-state index in [0.717, 1.165) is 19.4 Å². The lowest BCUT2D eigenvalue weighted by atomic mass is 10.0. The zero-order valence-corrected chi connectivity index (χ0v) is 17.6. The average molecular weight is 417 g/mol. The first-order valence-corrected chi connectivity index (χ1v) is 11.0. The van der Waals surface area contributed by atoms with E-state index in [9.17, 15) is 19.2 Å². The lowest BCUT2D eigenvalue weighted by Crippen LogP contribution is -2.53. The number of carbonyl (C=O) groups excluding carboxylic acids is 3. The Kier molecular flexibility index (Phi) is 10.9. The number of amides is 3. The van der Waals surface area contributed by atoms with Crippen LogP contribution in [0, 0.1) is 5.92 Å². The summed E-state index contributed by atoms with van der Waals surface area (Å²) in [6.07, 6.45) is 4.25. The smallest absolute Gasteiger partial charge is 0.326 e. The number of nitrogens with one attached hydrogen (secondary N) is 4. The van der Waals surface area contributed by atoms with Crippen molar-refractivity contribution < 1.29 is 24.3 Å². The number of carboxylic acids is 1. The predicted octanol–water partition coefficient (Wildman–Crippen LogP) is -0.292. The quantitative estimate of drug-likeness (QED) is 0.295. The van der Waals surface area contributed by atoms with Crippen LogP contribution >= 0.6 is 11.8 Å². The average Bonchev–Trinajstić information content (AvgIpc) is 3.16. The lowest BCUT2D eigenvalue weighted by molar-refractivity contribution is -0.141. The van der Waals surface area contributed by atoms with Crippen molar-refractivity contribution in [3.63, 3.8) is 0 Å². The molecule has 1 heterocycles. The van der Waals surface area contributed by atoms with Crippen molar-refractivity contribution in [2.75, 3.05) is 25.1 Å². The molecular formula is C18H32N4O5S. The van der Waals surface area contributed by atoms with Crippen molar-refractivity contribution in [2.45, 2.75) is 57.7 Å². The first-order valence-electron chi connectivity index (χ1n) is 9.57. The molecule has 0 bridgehead atoms. The molecule has 1 saturated heterocycles. The molecule has 10 heteroatoms. The number of carbonyl (C=O) groups is 4. The van der Waals surface area contributed by atoms with Gasteiger partial charge in [-0.05, 0) is 50.2 Å². The van der Waals surface area contributed by atoms with Gasteiger partial charge in [-0.2, -0.15) is 11.8 Å². The van der Waals surface area contributed by atoms with Crippen molar-refractivity contribution in [3.05, 3.63) is 0 Å². The van der Waals surface area contributed by atoms with E-state index in [1.54, 1.807) is 0 Å². The second-order valence-electron chi connectivity index (χ2n) is 7.30. The fourth-order valence-corrected chi connectivity index (χ4v) is 3.38. The second-order valence-corrected chi connectivity index (χ2v) is 8.28. The minimum atomic E-state index is -1.11. The molecule has 0 aromatic carbocycles. The molecule has 1 aliphatic rings. The van der Waals surface area contributed by atoms with Crippen molar-refractivity contribution in [2.24, 2.45) is 5.92 Å². The maximum absolute atomic E-state index is 12.5. The molecule has 28 heavy (non-hydrogen) atoms. The Balaban J connectivity index is 2.55. The number of carboxylic acid groups (broad SMARTS) is 1. The zero-order chi connectivity index (χ0) is 21.1. The van der Waals surface area contributed by atoms with Gasteiger partial charge >= 0.3 is 5.97 Å². The summed E-state index contributed by atoms with van der Waals surface area (Å²) < 4.78 is 0. The van der Waals surface area contributed by atoms with Gasteiger partial charge in [-0.3, -0.25) is 14.4 Å². The van der Waals surface area contributed by atoms with Crippen molar-refractivity contribution in [1.82, 2.24) is 21.3 Å². The Bertz CT molecular complexity index is 552. The minimum Gasteiger partial charge on any atom is -0.480 e. The number of hydrogen-bond acceptors (Lipinski definition) is 6. The van der Waals surface area contributed by atoms with E-state index in [2.05, 4.69) is 21.3 Å². The van der Waals surface area contributed by atoms with Crippen molar-refractivity contribution >= 4 is 35.5 Å². The highest BCUT2D eigenvalue weighted by Gasteiger charge is 2.28. The van der Waals surface area contributed by atoms with Gasteiger partial charge in [0.2, 0.25) is 17.7 Å². The second kappa shape index (κ2) is 12.6. The summed E-state index contributed by atoms with van der Waals surface area (Å²) in [6, 6.07) is -2.02. The van der Waals surface area contributed by atoms with E-state index in [0.29, 0.717) is 18.6 Å². The van der Waals surface area contributed by atoms with Gasteiger partial charge in [0.15, 0.2) is 0 Å². The van der Waals surface area contributed by atoms with Crippen LogP contribution in [0.25, 0.3) is 0 Å². The van der Waals surface area contributed by atoms with Crippen LogP contribution in [0.5, 0.6) is 0 Å². The van der Waals surface area contributed by atoms with E-state index in [-0.39, 0.29) is 24.4 Å². The first-order chi connectivity index (χ1) is 13.2. The zero-order valence-electron chi connectivity index (χ0n) is 16.7. The molecule has 9 nitrogen and oxygen atoms in total. The van der Waals surface area contributed by atoms with Crippen LogP contribution in [-0.2, 0) is 19.2 Å². The maximum Gasteiger partial charge on any atom is 0.326 e. The molecule has 3 unspecified atom stereocenters. The predicted molar refractivity (Wildman–Crippen MR) is 108 cm³/mol. The normalized spacial score (nSPS) is 18.4. The summed E-state index contributed by atoms with van der Waals surface area (Å²) in [5, 5.41) is 19.9. The highest BCUT2D eigenvalue weighted by Crippen LogP contribution is 2.09. The van der Waals surface area contributed by atoms with E-state index < -0.39 is 29.9 Å². The molecule has 5 N–H and O–H groups in total. The van der Waals surface area contributed by atoms with Crippen LogP contribution < -0.4 is 21.3 Å². The van der Waals surface area contributed by atoms with Crippen LogP contribution in [0.1, 0.15) is 39.5 Å². The summed E-state index contributed by atoms with van der Waals surface area (Å²) in [6.45, 7) is 4.32. The molecule has 0 saturated carbocycles. The van der Waals surface area contributed by atoms with E-state index in [1.807, 2.05) is 20.1 Å². The number of aliphatic carboxylic acids is 1. The Labute approximate surface area is 170 Å². The number of rotatable bonds is 12. The molecule has 160 valence electrons. The van der Waals surface area contributed by atoms with Crippen molar-refractivity contribution in [1.29, 1.82) is 0 Å². The monoisotopic (exact) mass is 416 g/mol. The standard InChI is InChI=1S/C18H32N4O5S/c1-11(2)9-14(22-17(25)12-5-4-7-19-12)16(24)20-10-15(23)21-13(18(26)27)6-8-28-3/h11-14,19H,4-10H2,1-3H3,(H,20,24)(H,21,23)(H,22,25)(H,26,27). The van der Waals surface area contributed by atoms with Crippen molar-refractivity contribution in [3.8, 4) is 0 Å². The van der Waals surface area contributed by atoms with Gasteiger partial charge in [0.05, 0.1) is 12.6 Å². The Hall–Kier alpha value is -1.81. The van der Waals surface area contributed by atoms with Gasteiger partial charge in [0.25, 0.3) is 0 Å². The van der Waals surface area contributed by atoms with Gasteiger partial charge in [0, 0.05) is 0 Å². The van der Waals surface area contributed by atoms with Gasteiger partial charge in [-0.1, -0.05) is 13.8 Å². The van der Waals surface area contributed by atoms with Gasteiger partial charge in [0.1, 0.15) is 12.1 Å². The summed E-state index contributed by atoms with van der Waals surface area (Å²) in [5.74, 6) is -1.58. The van der Waals surface area contributed by atoms with Crippen LogP contribution in [0.15, 0.2) is 0 Å². The van der Waals surface area contributed by atoms with Crippen LogP contribution in [0.3, 0.4) is 0 Å². The lowest BCUT2D eigenvalue weighted by Gasteiger charge is -2.22. The summed E-state index contributed by atoms with van der Waals surface area (Å²) in [5.41, 5.74) is 0.